The van der Waals surface area contributed by atoms with Crippen LogP contribution in [0, 0.1) is 0 Å². The van der Waals surface area contributed by atoms with E-state index in [0.717, 1.165) is 9.99 Å². The molecule has 1 aliphatic rings. The lowest BCUT2D eigenvalue weighted by Crippen LogP contribution is -2.40. The number of hydrogen-bond donors (Lipinski definition) is 1. The number of benzene rings is 1. The van der Waals surface area contributed by atoms with E-state index in [-0.39, 0.29) is 11.4 Å². The fourth-order valence-corrected chi connectivity index (χ4v) is 4.97. The average molecular weight is 377 g/mol. The van der Waals surface area contributed by atoms with Crippen molar-refractivity contribution in [2.45, 2.75) is 23.8 Å². The highest BCUT2D eigenvalue weighted by Gasteiger charge is 2.40. The van der Waals surface area contributed by atoms with Crippen LogP contribution in [0.25, 0.3) is 0 Å². The van der Waals surface area contributed by atoms with Crippen LogP contribution in [0.4, 0.5) is 5.69 Å². The van der Waals surface area contributed by atoms with Gasteiger partial charge in [-0.3, -0.25) is 4.79 Å². The standard InChI is InChI=1S/C13H17BrN2O4S/c1-15(2)9-5-6-10(14)12(8-9)21(19,20)16-7-3-4-11(16)13(17)18/h5-6,8,11H,3-4,7H2,1-2H3,(H,17,18)/t11-/m0/s1. The molecule has 1 aromatic rings. The van der Waals surface area contributed by atoms with Gasteiger partial charge in [0.2, 0.25) is 10.0 Å². The third kappa shape index (κ3) is 3.07. The van der Waals surface area contributed by atoms with Crippen LogP contribution in [0.3, 0.4) is 0 Å². The maximum absolute atomic E-state index is 12.8. The van der Waals surface area contributed by atoms with Crippen LogP contribution >= 0.6 is 15.9 Å². The SMILES string of the molecule is CN(C)c1ccc(Br)c(S(=O)(=O)N2CCC[C@H]2C(=O)O)c1. The number of halogens is 1. The van der Waals surface area contributed by atoms with Crippen LogP contribution in [-0.2, 0) is 14.8 Å². The van der Waals surface area contributed by atoms with E-state index < -0.39 is 22.0 Å². The zero-order valence-electron chi connectivity index (χ0n) is 11.8. The summed E-state index contributed by atoms with van der Waals surface area (Å²) in [5.74, 6) is -1.10. The lowest BCUT2D eigenvalue weighted by Gasteiger charge is -2.23. The summed E-state index contributed by atoms with van der Waals surface area (Å²) in [4.78, 5) is 13.1. The van der Waals surface area contributed by atoms with Gasteiger partial charge in [0, 0.05) is 30.8 Å². The Bertz CT molecular complexity index is 660. The summed E-state index contributed by atoms with van der Waals surface area (Å²) in [6, 6.07) is 4.02. The summed E-state index contributed by atoms with van der Waals surface area (Å²) >= 11 is 3.25. The van der Waals surface area contributed by atoms with Crippen molar-refractivity contribution in [2.75, 3.05) is 25.5 Å². The van der Waals surface area contributed by atoms with Crippen LogP contribution in [-0.4, -0.2) is 50.5 Å². The fourth-order valence-electron chi connectivity index (χ4n) is 2.37. The minimum atomic E-state index is -3.84. The van der Waals surface area contributed by atoms with Gasteiger partial charge in [0.25, 0.3) is 0 Å². The summed E-state index contributed by atoms with van der Waals surface area (Å²) in [5.41, 5.74) is 0.739. The predicted molar refractivity (Wildman–Crippen MR) is 83.0 cm³/mol. The molecule has 8 heteroatoms. The van der Waals surface area contributed by atoms with Gasteiger partial charge in [-0.05, 0) is 47.0 Å². The quantitative estimate of drug-likeness (QED) is 0.865. The normalized spacial score (nSPS) is 19.7. The molecule has 1 atom stereocenters. The number of sulfonamides is 1. The first-order chi connectivity index (χ1) is 9.75. The number of carbonyl (C=O) groups is 1. The van der Waals surface area contributed by atoms with E-state index in [1.54, 1.807) is 23.1 Å². The first kappa shape index (κ1) is 16.3. The van der Waals surface area contributed by atoms with Crippen molar-refractivity contribution in [1.29, 1.82) is 0 Å². The van der Waals surface area contributed by atoms with Crippen molar-refractivity contribution in [3.63, 3.8) is 0 Å². The van der Waals surface area contributed by atoms with E-state index in [2.05, 4.69) is 15.9 Å². The molecule has 0 radical (unpaired) electrons. The van der Waals surface area contributed by atoms with Crippen molar-refractivity contribution < 1.29 is 18.3 Å². The number of aliphatic carboxylic acids is 1. The van der Waals surface area contributed by atoms with Gasteiger partial charge in [-0.15, -0.1) is 0 Å². The number of carboxylic acid groups (broad SMARTS) is 1. The number of nitrogens with zero attached hydrogens (tertiary/aromatic N) is 2. The fraction of sp³-hybridized carbons (Fsp3) is 0.462. The Morgan fingerprint density at radius 2 is 2.10 bits per heavy atom. The summed E-state index contributed by atoms with van der Waals surface area (Å²) in [6.45, 7) is 0.234. The molecule has 21 heavy (non-hydrogen) atoms. The zero-order valence-corrected chi connectivity index (χ0v) is 14.2. The van der Waals surface area contributed by atoms with Gasteiger partial charge in [0.1, 0.15) is 6.04 Å². The van der Waals surface area contributed by atoms with Crippen molar-refractivity contribution in [3.05, 3.63) is 22.7 Å². The van der Waals surface area contributed by atoms with E-state index in [0.29, 0.717) is 17.3 Å². The number of anilines is 1. The van der Waals surface area contributed by atoms with Crippen molar-refractivity contribution in [3.8, 4) is 0 Å². The van der Waals surface area contributed by atoms with Gasteiger partial charge in [-0.2, -0.15) is 4.31 Å². The van der Waals surface area contributed by atoms with E-state index in [1.807, 2.05) is 14.1 Å². The van der Waals surface area contributed by atoms with E-state index >= 15 is 0 Å². The van der Waals surface area contributed by atoms with Gasteiger partial charge in [0.15, 0.2) is 0 Å². The molecule has 0 amide bonds. The molecule has 0 unspecified atom stereocenters. The van der Waals surface area contributed by atoms with Crippen molar-refractivity contribution >= 4 is 37.6 Å². The third-order valence-electron chi connectivity index (χ3n) is 3.51. The molecule has 2 rings (SSSR count). The molecule has 1 fully saturated rings. The molecule has 116 valence electrons. The van der Waals surface area contributed by atoms with E-state index in [1.165, 1.54) is 0 Å². The highest BCUT2D eigenvalue weighted by atomic mass is 79.9. The highest BCUT2D eigenvalue weighted by Crippen LogP contribution is 2.32. The minimum absolute atomic E-state index is 0.0989. The molecule has 1 saturated heterocycles. The van der Waals surface area contributed by atoms with Crippen LogP contribution in [0.5, 0.6) is 0 Å². The Hall–Kier alpha value is -1.12. The Morgan fingerprint density at radius 3 is 2.67 bits per heavy atom. The van der Waals surface area contributed by atoms with Crippen molar-refractivity contribution in [2.24, 2.45) is 0 Å². The molecule has 1 aliphatic heterocycles. The van der Waals surface area contributed by atoms with Crippen LogP contribution in [0.1, 0.15) is 12.8 Å². The van der Waals surface area contributed by atoms with Crippen LogP contribution in [0.2, 0.25) is 0 Å². The van der Waals surface area contributed by atoms with Crippen LogP contribution < -0.4 is 4.90 Å². The molecule has 0 aromatic heterocycles. The second-order valence-corrected chi connectivity index (χ2v) is 7.83. The molecule has 1 aromatic carbocycles. The first-order valence-electron chi connectivity index (χ1n) is 6.46. The Balaban J connectivity index is 2.49. The zero-order chi connectivity index (χ0) is 15.8. The van der Waals surface area contributed by atoms with Gasteiger partial charge >= 0.3 is 5.97 Å². The molecule has 0 aliphatic carbocycles. The Labute approximate surface area is 132 Å². The third-order valence-corrected chi connectivity index (χ3v) is 6.41. The van der Waals surface area contributed by atoms with Gasteiger partial charge in [0.05, 0.1) is 4.90 Å². The summed E-state index contributed by atoms with van der Waals surface area (Å²) in [6.07, 6.45) is 0.904. The van der Waals surface area contributed by atoms with Crippen molar-refractivity contribution in [1.82, 2.24) is 4.31 Å². The lowest BCUT2D eigenvalue weighted by molar-refractivity contribution is -0.140. The second-order valence-electron chi connectivity index (χ2n) is 5.12. The minimum Gasteiger partial charge on any atom is -0.480 e. The Kier molecular flexibility index (Phi) is 4.60. The second kappa shape index (κ2) is 5.94. The molecule has 6 nitrogen and oxygen atoms in total. The molecular formula is C13H17BrN2O4S. The van der Waals surface area contributed by atoms with E-state index in [9.17, 15) is 18.3 Å². The molecule has 0 saturated carbocycles. The molecule has 0 bridgehead atoms. The van der Waals surface area contributed by atoms with E-state index in [4.69, 9.17) is 0 Å². The first-order valence-corrected chi connectivity index (χ1v) is 8.70. The number of carboxylic acids is 1. The van der Waals surface area contributed by atoms with Gasteiger partial charge in [-0.25, -0.2) is 8.42 Å². The molecule has 1 heterocycles. The molecule has 0 spiro atoms. The van der Waals surface area contributed by atoms with Gasteiger partial charge in [-0.1, -0.05) is 0 Å². The van der Waals surface area contributed by atoms with Gasteiger partial charge < -0.3 is 10.0 Å². The maximum atomic E-state index is 12.8. The summed E-state index contributed by atoms with van der Waals surface area (Å²) in [7, 11) is -0.211. The molecule has 1 N–H and O–H groups in total. The Morgan fingerprint density at radius 1 is 1.43 bits per heavy atom. The largest absolute Gasteiger partial charge is 0.480 e. The molecular weight excluding hydrogens is 360 g/mol. The summed E-state index contributed by atoms with van der Waals surface area (Å²) < 4.78 is 27.0. The lowest BCUT2D eigenvalue weighted by atomic mass is 10.2. The van der Waals surface area contributed by atoms with Crippen LogP contribution in [0.15, 0.2) is 27.6 Å². The number of hydrogen-bond acceptors (Lipinski definition) is 4. The number of rotatable bonds is 4. The highest BCUT2D eigenvalue weighted by molar-refractivity contribution is 9.10. The topological polar surface area (TPSA) is 77.9 Å². The smallest absolute Gasteiger partial charge is 0.322 e. The predicted octanol–water partition coefficient (Wildman–Crippen LogP) is 1.75. The maximum Gasteiger partial charge on any atom is 0.322 e. The average Bonchev–Trinajstić information content (AvgIpc) is 2.88. The monoisotopic (exact) mass is 376 g/mol. The summed E-state index contributed by atoms with van der Waals surface area (Å²) in [5, 5.41) is 9.18.